The third-order valence-electron chi connectivity index (χ3n) is 7.59. The number of anilines is 2. The molecule has 1 aliphatic heterocycles. The fourth-order valence-electron chi connectivity index (χ4n) is 5.20. The molecule has 0 radical (unpaired) electrons. The van der Waals surface area contributed by atoms with E-state index in [9.17, 15) is 5.11 Å². The average molecular weight is 584 g/mol. The number of pyridine rings is 1. The second-order valence-electron chi connectivity index (χ2n) is 10.6. The number of likely N-dealkylation sites (N-methyl/N-ethyl adjacent to an activating group) is 1. The Labute approximate surface area is 250 Å². The van der Waals surface area contributed by atoms with Crippen LogP contribution in [-0.2, 0) is 19.6 Å². The minimum atomic E-state index is 0.120. The van der Waals surface area contributed by atoms with E-state index in [0.29, 0.717) is 29.6 Å². The Morgan fingerprint density at radius 3 is 2.60 bits per heavy atom. The van der Waals surface area contributed by atoms with Gasteiger partial charge in [-0.2, -0.15) is 0 Å². The van der Waals surface area contributed by atoms with E-state index in [-0.39, 0.29) is 6.61 Å². The molecule has 216 valence electrons. The van der Waals surface area contributed by atoms with Gasteiger partial charge in [0.05, 0.1) is 16.2 Å². The standard InChI is InChI=1S/C32H34ClN7O2/c1-38-11-13-39(14-12-38)18-24-20-40(19-23(24)9-15-41)27-6-7-30-28(17-27)32(36-22-35-30)37-25-5-8-31(29(33)16-25)42-21-26-4-2-3-10-34-26/h2-8,10,16-17,19-20,22,41H,9,11-15,18,21H2,1H3,(H,35,36,37). The van der Waals surface area contributed by atoms with Gasteiger partial charge in [-0.15, -0.1) is 0 Å². The number of piperazine rings is 1. The summed E-state index contributed by atoms with van der Waals surface area (Å²) in [5, 5.41) is 14.5. The lowest BCUT2D eigenvalue weighted by Gasteiger charge is -2.32. The summed E-state index contributed by atoms with van der Waals surface area (Å²) in [6.45, 7) is 5.57. The van der Waals surface area contributed by atoms with Gasteiger partial charge in [0.25, 0.3) is 0 Å². The minimum absolute atomic E-state index is 0.120. The van der Waals surface area contributed by atoms with Gasteiger partial charge in [0.1, 0.15) is 24.5 Å². The quantitative estimate of drug-likeness (QED) is 0.235. The lowest BCUT2D eigenvalue weighted by molar-refractivity contribution is 0.148. The molecule has 4 heterocycles. The third kappa shape index (κ3) is 6.55. The van der Waals surface area contributed by atoms with Crippen molar-refractivity contribution in [3.63, 3.8) is 0 Å². The van der Waals surface area contributed by atoms with Crippen molar-refractivity contribution in [2.24, 2.45) is 0 Å². The molecule has 0 unspecified atom stereocenters. The van der Waals surface area contributed by atoms with E-state index in [4.69, 9.17) is 16.3 Å². The Kier molecular flexibility index (Phi) is 8.62. The first-order valence-electron chi connectivity index (χ1n) is 14.1. The average Bonchev–Trinajstić information content (AvgIpc) is 3.40. The van der Waals surface area contributed by atoms with E-state index < -0.39 is 0 Å². The van der Waals surface area contributed by atoms with Crippen LogP contribution < -0.4 is 10.1 Å². The van der Waals surface area contributed by atoms with Crippen LogP contribution in [0, 0.1) is 0 Å². The minimum Gasteiger partial charge on any atom is -0.486 e. The summed E-state index contributed by atoms with van der Waals surface area (Å²) in [6.07, 6.45) is 8.23. The van der Waals surface area contributed by atoms with Crippen molar-refractivity contribution in [3.8, 4) is 11.4 Å². The van der Waals surface area contributed by atoms with Crippen molar-refractivity contribution in [2.75, 3.05) is 45.2 Å². The fourth-order valence-corrected chi connectivity index (χ4v) is 5.43. The summed E-state index contributed by atoms with van der Waals surface area (Å²) in [6, 6.07) is 17.4. The molecule has 0 saturated carbocycles. The molecule has 9 nitrogen and oxygen atoms in total. The number of nitrogens with one attached hydrogen (secondary N) is 1. The first-order valence-corrected chi connectivity index (χ1v) is 14.5. The van der Waals surface area contributed by atoms with Crippen LogP contribution in [0.2, 0.25) is 5.02 Å². The zero-order chi connectivity index (χ0) is 28.9. The number of halogens is 1. The fraction of sp³-hybridized carbons (Fsp3) is 0.281. The van der Waals surface area contributed by atoms with E-state index >= 15 is 0 Å². The topological polar surface area (TPSA) is 91.6 Å². The molecule has 6 rings (SSSR count). The van der Waals surface area contributed by atoms with E-state index in [1.807, 2.05) is 42.5 Å². The first-order chi connectivity index (χ1) is 20.6. The second-order valence-corrected chi connectivity index (χ2v) is 11.0. The largest absolute Gasteiger partial charge is 0.486 e. The maximum atomic E-state index is 9.73. The van der Waals surface area contributed by atoms with Crippen molar-refractivity contribution in [2.45, 2.75) is 19.6 Å². The molecule has 0 aliphatic carbocycles. The molecule has 1 aliphatic rings. The van der Waals surface area contributed by atoms with Crippen molar-refractivity contribution in [3.05, 3.63) is 101 Å². The molecule has 1 fully saturated rings. The predicted octanol–water partition coefficient (Wildman–Crippen LogP) is 5.07. The molecule has 0 amide bonds. The maximum absolute atomic E-state index is 9.73. The summed E-state index contributed by atoms with van der Waals surface area (Å²) in [7, 11) is 2.17. The Morgan fingerprint density at radius 1 is 0.952 bits per heavy atom. The monoisotopic (exact) mass is 583 g/mol. The lowest BCUT2D eigenvalue weighted by atomic mass is 10.1. The van der Waals surface area contributed by atoms with Crippen LogP contribution in [0.15, 0.2) is 79.5 Å². The number of aromatic nitrogens is 4. The van der Waals surface area contributed by atoms with Gasteiger partial charge >= 0.3 is 0 Å². The number of fused-ring (bicyclic) bond motifs is 1. The van der Waals surface area contributed by atoms with Crippen molar-refractivity contribution >= 4 is 34.0 Å². The number of ether oxygens (including phenoxy) is 1. The van der Waals surface area contributed by atoms with Gasteiger partial charge in [0.15, 0.2) is 0 Å². The molecule has 5 aromatic rings. The normalized spacial score (nSPS) is 14.4. The smallest absolute Gasteiger partial charge is 0.141 e. The zero-order valence-corrected chi connectivity index (χ0v) is 24.3. The summed E-state index contributed by atoms with van der Waals surface area (Å²) in [5.41, 5.74) is 5.86. The number of hydrogen-bond donors (Lipinski definition) is 2. The summed E-state index contributed by atoms with van der Waals surface area (Å²) < 4.78 is 8.01. The molecule has 10 heteroatoms. The molecule has 0 atom stereocenters. The van der Waals surface area contributed by atoms with Crippen molar-refractivity contribution in [1.82, 2.24) is 29.3 Å². The van der Waals surface area contributed by atoms with Crippen molar-refractivity contribution < 1.29 is 9.84 Å². The zero-order valence-electron chi connectivity index (χ0n) is 23.6. The summed E-state index contributed by atoms with van der Waals surface area (Å²) in [5.74, 6) is 1.27. The molecular formula is C32H34ClN7O2. The molecule has 0 bridgehead atoms. The third-order valence-corrected chi connectivity index (χ3v) is 7.88. The Bertz CT molecular complexity index is 1650. The first kappa shape index (κ1) is 28.1. The molecule has 1 saturated heterocycles. The summed E-state index contributed by atoms with van der Waals surface area (Å²) >= 11 is 6.56. The van der Waals surface area contributed by atoms with E-state index in [1.54, 1.807) is 12.5 Å². The van der Waals surface area contributed by atoms with Crippen LogP contribution in [0.4, 0.5) is 11.5 Å². The number of nitrogens with zero attached hydrogens (tertiary/aromatic N) is 6. The predicted molar refractivity (Wildman–Crippen MR) is 166 cm³/mol. The number of aliphatic hydroxyl groups is 1. The molecule has 2 N–H and O–H groups in total. The number of benzene rings is 2. The van der Waals surface area contributed by atoms with Crippen LogP contribution in [0.25, 0.3) is 16.6 Å². The van der Waals surface area contributed by atoms with Gasteiger partial charge in [0, 0.05) is 74.7 Å². The SMILES string of the molecule is CN1CCN(Cc2cn(-c3ccc4ncnc(Nc5ccc(OCc6ccccn6)c(Cl)c5)c4c3)cc2CCO)CC1. The number of hydrogen-bond acceptors (Lipinski definition) is 8. The lowest BCUT2D eigenvalue weighted by Crippen LogP contribution is -2.43. The van der Waals surface area contributed by atoms with E-state index in [0.717, 1.165) is 60.7 Å². The van der Waals surface area contributed by atoms with Gasteiger partial charge in [-0.05, 0) is 73.1 Å². The highest BCUT2D eigenvalue weighted by Crippen LogP contribution is 2.32. The van der Waals surface area contributed by atoms with Crippen molar-refractivity contribution in [1.29, 1.82) is 0 Å². The van der Waals surface area contributed by atoms with Crippen LogP contribution in [0.5, 0.6) is 5.75 Å². The Morgan fingerprint density at radius 2 is 1.81 bits per heavy atom. The van der Waals surface area contributed by atoms with E-state index in [1.165, 1.54) is 11.1 Å². The Hall–Kier alpha value is -4.02. The second kappa shape index (κ2) is 12.9. The molecule has 2 aromatic carbocycles. The number of rotatable bonds is 10. The summed E-state index contributed by atoms with van der Waals surface area (Å²) in [4.78, 5) is 18.2. The van der Waals surface area contributed by atoms with Gasteiger partial charge in [0.2, 0.25) is 0 Å². The van der Waals surface area contributed by atoms with Gasteiger partial charge < -0.3 is 24.6 Å². The molecule has 0 spiro atoms. The number of aliphatic hydroxyl groups excluding tert-OH is 1. The van der Waals surface area contributed by atoms with Crippen LogP contribution in [-0.4, -0.2) is 74.3 Å². The van der Waals surface area contributed by atoms with Gasteiger partial charge in [-0.25, -0.2) is 9.97 Å². The highest BCUT2D eigenvalue weighted by molar-refractivity contribution is 6.32. The van der Waals surface area contributed by atoms with E-state index in [2.05, 4.69) is 66.2 Å². The maximum Gasteiger partial charge on any atom is 0.141 e. The molecular weight excluding hydrogens is 550 g/mol. The van der Waals surface area contributed by atoms with Gasteiger partial charge in [-0.1, -0.05) is 17.7 Å². The highest BCUT2D eigenvalue weighted by Gasteiger charge is 2.17. The van der Waals surface area contributed by atoms with Crippen LogP contribution >= 0.6 is 11.6 Å². The molecule has 3 aromatic heterocycles. The van der Waals surface area contributed by atoms with Crippen LogP contribution in [0.1, 0.15) is 16.8 Å². The Balaban J connectivity index is 1.23. The highest BCUT2D eigenvalue weighted by atomic mass is 35.5. The molecule has 42 heavy (non-hydrogen) atoms. The van der Waals surface area contributed by atoms with Gasteiger partial charge in [-0.3, -0.25) is 9.88 Å². The van der Waals surface area contributed by atoms with Crippen LogP contribution in [0.3, 0.4) is 0 Å².